The standard InChI is InChI=1S/C16H15FN2O3/c1-21-14-5-7-15(8-6-14)22-11-16(20)19-18-10-12-3-2-4-13(17)9-12/h2-10H,11H2,1H3,(H,19,20). The molecule has 0 spiro atoms. The lowest BCUT2D eigenvalue weighted by atomic mass is 10.2. The Bertz CT molecular complexity index is 657. The molecule has 1 amide bonds. The summed E-state index contributed by atoms with van der Waals surface area (Å²) in [6.07, 6.45) is 1.36. The summed E-state index contributed by atoms with van der Waals surface area (Å²) in [4.78, 5) is 11.5. The number of benzene rings is 2. The van der Waals surface area contributed by atoms with E-state index in [1.165, 1.54) is 18.3 Å². The Morgan fingerprint density at radius 2 is 1.95 bits per heavy atom. The van der Waals surface area contributed by atoms with Crippen molar-refractivity contribution in [3.05, 3.63) is 59.9 Å². The fourth-order valence-electron chi connectivity index (χ4n) is 1.62. The summed E-state index contributed by atoms with van der Waals surface area (Å²) in [6, 6.07) is 12.7. The topological polar surface area (TPSA) is 59.9 Å². The van der Waals surface area contributed by atoms with Gasteiger partial charge in [0.2, 0.25) is 0 Å². The van der Waals surface area contributed by atoms with Gasteiger partial charge < -0.3 is 9.47 Å². The lowest BCUT2D eigenvalue weighted by Crippen LogP contribution is -2.24. The van der Waals surface area contributed by atoms with Crippen LogP contribution in [0.3, 0.4) is 0 Å². The Hall–Kier alpha value is -2.89. The monoisotopic (exact) mass is 302 g/mol. The maximum atomic E-state index is 12.9. The van der Waals surface area contributed by atoms with Gasteiger partial charge in [-0.1, -0.05) is 12.1 Å². The molecule has 114 valence electrons. The molecule has 0 unspecified atom stereocenters. The first-order chi connectivity index (χ1) is 10.7. The van der Waals surface area contributed by atoms with Gasteiger partial charge in [0.15, 0.2) is 6.61 Å². The molecule has 6 heteroatoms. The van der Waals surface area contributed by atoms with Gasteiger partial charge in [0.05, 0.1) is 13.3 Å². The number of methoxy groups -OCH3 is 1. The summed E-state index contributed by atoms with van der Waals surface area (Å²) in [7, 11) is 1.57. The molecule has 0 aromatic heterocycles. The fourth-order valence-corrected chi connectivity index (χ4v) is 1.62. The second-order valence-electron chi connectivity index (χ2n) is 4.31. The van der Waals surface area contributed by atoms with Crippen LogP contribution in [0.2, 0.25) is 0 Å². The number of amides is 1. The van der Waals surface area contributed by atoms with Crippen LogP contribution in [-0.2, 0) is 4.79 Å². The zero-order chi connectivity index (χ0) is 15.8. The fraction of sp³-hybridized carbons (Fsp3) is 0.125. The Morgan fingerprint density at radius 3 is 2.64 bits per heavy atom. The Kier molecular flexibility index (Phi) is 5.48. The third kappa shape index (κ3) is 4.90. The van der Waals surface area contributed by atoms with Gasteiger partial charge in [-0.2, -0.15) is 5.10 Å². The van der Waals surface area contributed by atoms with E-state index in [0.717, 1.165) is 0 Å². The predicted octanol–water partition coefficient (Wildman–Crippen LogP) is 2.36. The smallest absolute Gasteiger partial charge is 0.277 e. The maximum absolute atomic E-state index is 12.9. The van der Waals surface area contributed by atoms with Crippen molar-refractivity contribution in [1.82, 2.24) is 5.43 Å². The first kappa shape index (κ1) is 15.5. The molecule has 0 aliphatic rings. The average molecular weight is 302 g/mol. The molecule has 0 fully saturated rings. The molecule has 2 aromatic carbocycles. The molecule has 0 aliphatic heterocycles. The van der Waals surface area contributed by atoms with Crippen molar-refractivity contribution in [2.45, 2.75) is 0 Å². The minimum absolute atomic E-state index is 0.174. The molecule has 0 aliphatic carbocycles. The summed E-state index contributed by atoms with van der Waals surface area (Å²) < 4.78 is 23.2. The molecule has 2 aromatic rings. The molecule has 22 heavy (non-hydrogen) atoms. The number of carbonyl (C=O) groups is 1. The van der Waals surface area contributed by atoms with Crippen LogP contribution >= 0.6 is 0 Å². The molecule has 0 bridgehead atoms. The lowest BCUT2D eigenvalue weighted by molar-refractivity contribution is -0.123. The average Bonchev–Trinajstić information content (AvgIpc) is 2.53. The van der Waals surface area contributed by atoms with E-state index in [9.17, 15) is 9.18 Å². The van der Waals surface area contributed by atoms with Crippen LogP contribution in [0.1, 0.15) is 5.56 Å². The van der Waals surface area contributed by atoms with Gasteiger partial charge in [0, 0.05) is 0 Å². The highest BCUT2D eigenvalue weighted by Gasteiger charge is 2.01. The molecule has 0 radical (unpaired) electrons. The number of nitrogens with zero attached hydrogens (tertiary/aromatic N) is 1. The molecule has 0 saturated heterocycles. The normalized spacial score (nSPS) is 10.5. The number of hydrogen-bond donors (Lipinski definition) is 1. The summed E-state index contributed by atoms with van der Waals surface area (Å²) in [5.74, 6) is 0.475. The molecule has 2 rings (SSSR count). The SMILES string of the molecule is COc1ccc(OCC(=O)NN=Cc2cccc(F)c2)cc1. The van der Waals surface area contributed by atoms with E-state index in [4.69, 9.17) is 9.47 Å². The van der Waals surface area contributed by atoms with Crippen molar-refractivity contribution in [3.8, 4) is 11.5 Å². The molecule has 0 heterocycles. The van der Waals surface area contributed by atoms with Gasteiger partial charge in [-0.3, -0.25) is 4.79 Å². The highest BCUT2D eigenvalue weighted by atomic mass is 19.1. The number of nitrogens with one attached hydrogen (secondary N) is 1. The maximum Gasteiger partial charge on any atom is 0.277 e. The van der Waals surface area contributed by atoms with E-state index in [1.54, 1.807) is 43.5 Å². The highest BCUT2D eigenvalue weighted by Crippen LogP contribution is 2.16. The molecule has 1 N–H and O–H groups in total. The van der Waals surface area contributed by atoms with E-state index >= 15 is 0 Å². The molecular weight excluding hydrogens is 287 g/mol. The van der Waals surface area contributed by atoms with Gasteiger partial charge in [0.1, 0.15) is 17.3 Å². The second kappa shape index (κ2) is 7.78. The first-order valence-corrected chi connectivity index (χ1v) is 6.52. The minimum Gasteiger partial charge on any atom is -0.497 e. The van der Waals surface area contributed by atoms with Gasteiger partial charge in [-0.05, 0) is 42.0 Å². The minimum atomic E-state index is -0.413. The number of rotatable bonds is 6. The zero-order valence-corrected chi connectivity index (χ0v) is 12.0. The van der Waals surface area contributed by atoms with Crippen LogP contribution < -0.4 is 14.9 Å². The van der Waals surface area contributed by atoms with E-state index in [-0.39, 0.29) is 12.4 Å². The highest BCUT2D eigenvalue weighted by molar-refractivity contribution is 5.82. The van der Waals surface area contributed by atoms with Crippen molar-refractivity contribution < 1.29 is 18.7 Å². The quantitative estimate of drug-likeness (QED) is 0.658. The van der Waals surface area contributed by atoms with Gasteiger partial charge >= 0.3 is 0 Å². The third-order valence-corrected chi connectivity index (χ3v) is 2.68. The van der Waals surface area contributed by atoms with Gasteiger partial charge in [-0.15, -0.1) is 0 Å². The molecule has 0 atom stereocenters. The lowest BCUT2D eigenvalue weighted by Gasteiger charge is -2.05. The zero-order valence-electron chi connectivity index (χ0n) is 12.0. The molecule has 5 nitrogen and oxygen atoms in total. The number of ether oxygens (including phenoxy) is 2. The number of hydrazone groups is 1. The Labute approximate surface area is 127 Å². The predicted molar refractivity (Wildman–Crippen MR) is 80.6 cm³/mol. The van der Waals surface area contributed by atoms with Crippen molar-refractivity contribution in [3.63, 3.8) is 0 Å². The van der Waals surface area contributed by atoms with Crippen LogP contribution in [0, 0.1) is 5.82 Å². The second-order valence-corrected chi connectivity index (χ2v) is 4.31. The van der Waals surface area contributed by atoms with E-state index in [1.807, 2.05) is 0 Å². The van der Waals surface area contributed by atoms with Crippen molar-refractivity contribution >= 4 is 12.1 Å². The van der Waals surface area contributed by atoms with Crippen LogP contribution in [0.25, 0.3) is 0 Å². The summed E-state index contributed by atoms with van der Waals surface area (Å²) in [6.45, 7) is -0.174. The van der Waals surface area contributed by atoms with Crippen LogP contribution in [0.5, 0.6) is 11.5 Å². The van der Waals surface area contributed by atoms with E-state index in [2.05, 4.69) is 10.5 Å². The van der Waals surface area contributed by atoms with Crippen LogP contribution in [-0.4, -0.2) is 25.8 Å². The molecule has 0 saturated carbocycles. The number of carbonyl (C=O) groups excluding carboxylic acids is 1. The van der Waals surface area contributed by atoms with Crippen molar-refractivity contribution in [1.29, 1.82) is 0 Å². The van der Waals surface area contributed by atoms with Crippen LogP contribution in [0.15, 0.2) is 53.6 Å². The summed E-state index contributed by atoms with van der Waals surface area (Å²) >= 11 is 0. The van der Waals surface area contributed by atoms with Gasteiger partial charge in [0.25, 0.3) is 5.91 Å². The third-order valence-electron chi connectivity index (χ3n) is 2.68. The van der Waals surface area contributed by atoms with E-state index in [0.29, 0.717) is 17.1 Å². The van der Waals surface area contributed by atoms with E-state index < -0.39 is 5.91 Å². The molecular formula is C16H15FN2O3. The first-order valence-electron chi connectivity index (χ1n) is 6.52. The Balaban J connectivity index is 1.77. The number of hydrogen-bond acceptors (Lipinski definition) is 4. The summed E-state index contributed by atoms with van der Waals surface area (Å²) in [5.41, 5.74) is 2.85. The van der Waals surface area contributed by atoms with Crippen LogP contribution in [0.4, 0.5) is 4.39 Å². The summed E-state index contributed by atoms with van der Waals surface area (Å²) in [5, 5.41) is 3.73. The van der Waals surface area contributed by atoms with Gasteiger partial charge in [-0.25, -0.2) is 9.82 Å². The largest absolute Gasteiger partial charge is 0.497 e. The van der Waals surface area contributed by atoms with Crippen molar-refractivity contribution in [2.75, 3.05) is 13.7 Å². The van der Waals surface area contributed by atoms with Crippen molar-refractivity contribution in [2.24, 2.45) is 5.10 Å². The Morgan fingerprint density at radius 1 is 1.23 bits per heavy atom. The number of halogens is 1.